The Labute approximate surface area is 285 Å². The van der Waals surface area contributed by atoms with Crippen molar-refractivity contribution in [2.45, 2.75) is 36.2 Å². The molecule has 2 N–H and O–H groups in total. The van der Waals surface area contributed by atoms with Crippen LogP contribution in [0.5, 0.6) is 17.4 Å². The number of hydrogen-bond acceptors (Lipinski definition) is 11. The number of fused-ring (bicyclic) bond motifs is 1. The van der Waals surface area contributed by atoms with E-state index in [0.717, 1.165) is 25.9 Å². The van der Waals surface area contributed by atoms with E-state index in [1.54, 1.807) is 24.0 Å². The number of rotatable bonds is 9. The maximum atomic E-state index is 15.1. The number of anilines is 1. The van der Waals surface area contributed by atoms with Crippen molar-refractivity contribution in [2.75, 3.05) is 64.4 Å². The zero-order valence-electron chi connectivity index (χ0n) is 27.6. The molecule has 3 aromatic rings. The quantitative estimate of drug-likeness (QED) is 0.339. The maximum Gasteiger partial charge on any atom is 0.318 e. The number of piperidine rings is 1. The van der Waals surface area contributed by atoms with E-state index in [1.165, 1.54) is 56.8 Å². The molecule has 0 radical (unpaired) electrons. The van der Waals surface area contributed by atoms with Gasteiger partial charge in [-0.15, -0.1) is 0 Å². The van der Waals surface area contributed by atoms with Crippen molar-refractivity contribution < 1.29 is 32.2 Å². The summed E-state index contributed by atoms with van der Waals surface area (Å²) in [6.45, 7) is 5.95. The Morgan fingerprint density at radius 1 is 1.06 bits per heavy atom. The molecule has 3 aliphatic heterocycles. The summed E-state index contributed by atoms with van der Waals surface area (Å²) in [6.07, 6.45) is 3.55. The third kappa shape index (κ3) is 6.00. The molecule has 0 bridgehead atoms. The van der Waals surface area contributed by atoms with E-state index in [9.17, 15) is 18.5 Å². The predicted molar refractivity (Wildman–Crippen MR) is 179 cm³/mol. The van der Waals surface area contributed by atoms with Crippen LogP contribution in [0.3, 0.4) is 0 Å². The Kier molecular flexibility index (Phi) is 9.64. The van der Waals surface area contributed by atoms with Crippen LogP contribution in [0.4, 0.5) is 10.5 Å². The zero-order chi connectivity index (χ0) is 34.8. The Balaban J connectivity index is 1.47. The summed E-state index contributed by atoms with van der Waals surface area (Å²) in [6, 6.07) is 13.5. The number of urea groups is 1. The van der Waals surface area contributed by atoms with E-state index >= 15 is 4.79 Å². The van der Waals surface area contributed by atoms with Gasteiger partial charge in [-0.2, -0.15) is 9.57 Å². The van der Waals surface area contributed by atoms with Crippen LogP contribution in [-0.2, 0) is 20.4 Å². The summed E-state index contributed by atoms with van der Waals surface area (Å²) in [4.78, 5) is 37.5. The van der Waals surface area contributed by atoms with Gasteiger partial charge in [0.1, 0.15) is 16.4 Å². The third-order valence-corrected chi connectivity index (χ3v) is 11.1. The van der Waals surface area contributed by atoms with Crippen LogP contribution in [0.1, 0.15) is 36.5 Å². The molecule has 0 saturated carbocycles. The van der Waals surface area contributed by atoms with Crippen LogP contribution in [0, 0.1) is 11.3 Å². The Morgan fingerprint density at radius 3 is 2.49 bits per heavy atom. The fourth-order valence-electron chi connectivity index (χ4n) is 6.86. The number of hydrogen-bond donors (Lipinski definition) is 2. The molecule has 2 fully saturated rings. The number of pyridine rings is 1. The number of nitrogens with one attached hydrogen (secondary N) is 2. The Bertz CT molecular complexity index is 1890. The molecule has 258 valence electrons. The van der Waals surface area contributed by atoms with Crippen molar-refractivity contribution in [3.8, 4) is 23.4 Å². The molecule has 0 aliphatic carbocycles. The first-order chi connectivity index (χ1) is 23.7. The fraction of sp³-hybridized carbons (Fsp3) is 0.412. The molecule has 3 amide bonds. The minimum atomic E-state index is -4.69. The van der Waals surface area contributed by atoms with Gasteiger partial charge >= 0.3 is 6.03 Å². The molecular formula is C34H39N7O7S. The molecule has 1 atom stereocenters. The van der Waals surface area contributed by atoms with Crippen LogP contribution >= 0.6 is 0 Å². The van der Waals surface area contributed by atoms with Crippen molar-refractivity contribution in [2.24, 2.45) is 0 Å². The van der Waals surface area contributed by atoms with Crippen LogP contribution in [0.2, 0.25) is 0 Å². The number of carbonyl (C=O) groups excluding carboxylic acids is 2. The van der Waals surface area contributed by atoms with Gasteiger partial charge in [0.25, 0.3) is 15.9 Å². The molecule has 49 heavy (non-hydrogen) atoms. The van der Waals surface area contributed by atoms with E-state index in [2.05, 4.69) is 26.6 Å². The molecule has 0 spiro atoms. The first-order valence-corrected chi connectivity index (χ1v) is 17.6. The van der Waals surface area contributed by atoms with Gasteiger partial charge in [0, 0.05) is 50.0 Å². The van der Waals surface area contributed by atoms with Crippen LogP contribution < -0.4 is 29.1 Å². The molecule has 2 saturated heterocycles. The van der Waals surface area contributed by atoms with Gasteiger partial charge in [0.2, 0.25) is 5.88 Å². The average molecular weight is 690 g/mol. The second-order valence-electron chi connectivity index (χ2n) is 11.9. The third-order valence-electron chi connectivity index (χ3n) is 9.32. The van der Waals surface area contributed by atoms with Gasteiger partial charge in [-0.25, -0.2) is 18.2 Å². The summed E-state index contributed by atoms with van der Waals surface area (Å²) in [5.41, 5.74) is -1.81. The minimum Gasteiger partial charge on any atom is -0.497 e. The number of benzene rings is 2. The SMILES string of the molecule is CCOc1ncccc1C1(NC(=O)N2CCN(C3CCNCC3)CC2)C(=O)N(S(=O)(=O)c2ccc(OC)cc2OC)c2ccc(C#N)cc21. The lowest BCUT2D eigenvalue weighted by Gasteiger charge is -2.41. The number of methoxy groups -OCH3 is 2. The summed E-state index contributed by atoms with van der Waals surface area (Å²) >= 11 is 0. The van der Waals surface area contributed by atoms with Crippen molar-refractivity contribution >= 4 is 27.6 Å². The molecule has 3 aliphatic rings. The van der Waals surface area contributed by atoms with Crippen molar-refractivity contribution in [3.63, 3.8) is 0 Å². The molecule has 1 aromatic heterocycles. The fourth-order valence-corrected chi connectivity index (χ4v) is 8.47. The number of aromatic nitrogens is 1. The van der Waals surface area contributed by atoms with E-state index in [1.807, 2.05) is 0 Å². The smallest absolute Gasteiger partial charge is 0.318 e. The Hall–Kier alpha value is -4.91. The molecule has 6 rings (SSSR count). The number of ether oxygens (including phenoxy) is 3. The molecule has 1 unspecified atom stereocenters. The number of piperazine rings is 1. The normalized spacial score (nSPS) is 20.0. The first kappa shape index (κ1) is 34.0. The van der Waals surface area contributed by atoms with Crippen LogP contribution in [-0.4, -0.2) is 101 Å². The summed E-state index contributed by atoms with van der Waals surface area (Å²) in [5.74, 6) is -0.664. The van der Waals surface area contributed by atoms with E-state index < -0.39 is 27.5 Å². The second-order valence-corrected chi connectivity index (χ2v) is 13.7. The molecule has 14 nitrogen and oxygen atoms in total. The number of carbonyl (C=O) groups is 2. The number of sulfonamides is 1. The van der Waals surface area contributed by atoms with Gasteiger partial charge in [0.05, 0.1) is 43.7 Å². The number of amides is 3. The van der Waals surface area contributed by atoms with Gasteiger partial charge in [-0.3, -0.25) is 9.69 Å². The first-order valence-electron chi connectivity index (χ1n) is 16.2. The van der Waals surface area contributed by atoms with Gasteiger partial charge < -0.3 is 29.7 Å². The second kappa shape index (κ2) is 13.9. The number of nitriles is 1. The standard InChI is InChI=1S/C34H39N7O7S/c1-4-48-31-26(6-5-13-37-31)34(38-33(43)40-18-16-39(17-19-40)24-11-14-36-15-12-24)27-20-23(22-35)7-9-28(27)41(32(34)42)49(44,45)30-10-8-25(46-2)21-29(30)47-3/h5-10,13,20-21,24,36H,4,11-12,14-19H2,1-3H3,(H,38,43). The molecule has 2 aromatic carbocycles. The van der Waals surface area contributed by atoms with Crippen molar-refractivity contribution in [3.05, 3.63) is 71.4 Å². The molecular weight excluding hydrogens is 650 g/mol. The van der Waals surface area contributed by atoms with Crippen LogP contribution in [0.25, 0.3) is 0 Å². The lowest BCUT2D eigenvalue weighted by molar-refractivity contribution is -0.121. The van der Waals surface area contributed by atoms with Crippen molar-refractivity contribution in [1.29, 1.82) is 5.26 Å². The number of nitrogens with zero attached hydrogens (tertiary/aromatic N) is 5. The highest BCUT2D eigenvalue weighted by atomic mass is 32.2. The molecule has 4 heterocycles. The van der Waals surface area contributed by atoms with E-state index in [4.69, 9.17) is 14.2 Å². The average Bonchev–Trinajstić information content (AvgIpc) is 3.39. The van der Waals surface area contributed by atoms with Crippen molar-refractivity contribution in [1.82, 2.24) is 25.4 Å². The predicted octanol–water partition coefficient (Wildman–Crippen LogP) is 2.43. The van der Waals surface area contributed by atoms with Crippen LogP contribution in [0.15, 0.2) is 59.6 Å². The highest BCUT2D eigenvalue weighted by Crippen LogP contribution is 2.50. The maximum absolute atomic E-state index is 15.1. The zero-order valence-corrected chi connectivity index (χ0v) is 28.5. The Morgan fingerprint density at radius 2 is 1.82 bits per heavy atom. The van der Waals surface area contributed by atoms with Gasteiger partial charge in [0.15, 0.2) is 5.54 Å². The summed E-state index contributed by atoms with van der Waals surface area (Å²) in [7, 11) is -1.94. The minimum absolute atomic E-state index is 0.0314. The topological polar surface area (TPSA) is 166 Å². The van der Waals surface area contributed by atoms with E-state index in [-0.39, 0.29) is 45.5 Å². The van der Waals surface area contributed by atoms with Gasteiger partial charge in [-0.1, -0.05) is 0 Å². The lowest BCUT2D eigenvalue weighted by atomic mass is 9.83. The molecule has 15 heteroatoms. The summed E-state index contributed by atoms with van der Waals surface area (Å²) in [5, 5.41) is 16.3. The lowest BCUT2D eigenvalue weighted by Crippen LogP contribution is -2.61. The highest BCUT2D eigenvalue weighted by Gasteiger charge is 2.59. The summed E-state index contributed by atoms with van der Waals surface area (Å²) < 4.78 is 46.4. The highest BCUT2D eigenvalue weighted by molar-refractivity contribution is 7.93. The van der Waals surface area contributed by atoms with Gasteiger partial charge in [-0.05, 0) is 75.3 Å². The monoisotopic (exact) mass is 689 g/mol. The van der Waals surface area contributed by atoms with E-state index in [0.29, 0.717) is 42.3 Å². The largest absolute Gasteiger partial charge is 0.497 e.